The third-order valence-electron chi connectivity index (χ3n) is 8.18. The lowest BCUT2D eigenvalue weighted by Gasteiger charge is -2.25. The zero-order valence-corrected chi connectivity index (χ0v) is 25.5. The second kappa shape index (κ2) is 12.5. The van der Waals surface area contributed by atoms with Crippen LogP contribution in [0.4, 0.5) is 17.2 Å². The van der Waals surface area contributed by atoms with E-state index in [1.165, 1.54) is 11.1 Å². The van der Waals surface area contributed by atoms with Crippen molar-refractivity contribution in [2.75, 3.05) is 4.90 Å². The Morgan fingerprint density at radius 3 is 1.67 bits per heavy atom. The predicted molar refractivity (Wildman–Crippen MR) is 188 cm³/mol. The molecular formula is C40H33BN4. The van der Waals surface area contributed by atoms with Crippen LogP contribution in [0, 0.1) is 13.8 Å². The first kappa shape index (κ1) is 28.1. The van der Waals surface area contributed by atoms with E-state index in [0.717, 1.165) is 50.9 Å². The summed E-state index contributed by atoms with van der Waals surface area (Å²) < 4.78 is 2.28. The predicted octanol–water partition coefficient (Wildman–Crippen LogP) is 7.54. The minimum atomic E-state index is -0.226. The third kappa shape index (κ3) is 5.68. The number of hydrogen-bond donors (Lipinski definition) is 0. The highest BCUT2D eigenvalue weighted by molar-refractivity contribution is 6.94. The number of hydrogen-bond acceptors (Lipinski definition) is 3. The number of para-hydroxylation sites is 3. The van der Waals surface area contributed by atoms with Crippen LogP contribution in [0.15, 0.2) is 164 Å². The molecule has 4 nitrogen and oxygen atoms in total. The fourth-order valence-corrected chi connectivity index (χ4v) is 6.10. The summed E-state index contributed by atoms with van der Waals surface area (Å²) in [4.78, 5) is 13.0. The number of anilines is 3. The van der Waals surface area contributed by atoms with Crippen LogP contribution < -0.4 is 21.7 Å². The van der Waals surface area contributed by atoms with Crippen LogP contribution in [0.5, 0.6) is 0 Å². The third-order valence-corrected chi connectivity index (χ3v) is 8.18. The molecule has 5 heteroatoms. The molecule has 0 radical (unpaired) electrons. The number of rotatable bonds is 8. The Bertz CT molecular complexity index is 1960. The molecule has 7 aromatic rings. The second-order valence-electron chi connectivity index (χ2n) is 11.2. The number of pyridine rings is 1. The molecule has 0 saturated carbocycles. The number of aromatic nitrogens is 3. The van der Waals surface area contributed by atoms with Crippen molar-refractivity contribution in [2.45, 2.75) is 13.8 Å². The van der Waals surface area contributed by atoms with Gasteiger partial charge in [-0.1, -0.05) is 127 Å². The molecule has 45 heavy (non-hydrogen) atoms. The van der Waals surface area contributed by atoms with Gasteiger partial charge in [-0.15, -0.1) is 0 Å². The van der Waals surface area contributed by atoms with Crippen molar-refractivity contribution in [1.29, 1.82) is 0 Å². The van der Waals surface area contributed by atoms with Gasteiger partial charge >= 0.3 is 6.71 Å². The minimum Gasteiger partial charge on any atom is -0.310 e. The van der Waals surface area contributed by atoms with Gasteiger partial charge in [0.25, 0.3) is 0 Å². The zero-order valence-electron chi connectivity index (χ0n) is 25.5. The van der Waals surface area contributed by atoms with E-state index >= 15 is 0 Å². The molecule has 0 bridgehead atoms. The van der Waals surface area contributed by atoms with E-state index in [1.54, 1.807) is 0 Å². The van der Waals surface area contributed by atoms with Gasteiger partial charge < -0.3 is 4.57 Å². The molecule has 0 amide bonds. The first-order valence-corrected chi connectivity index (χ1v) is 15.3. The maximum absolute atomic E-state index is 5.41. The van der Waals surface area contributed by atoms with Gasteiger partial charge in [-0.05, 0) is 61.4 Å². The van der Waals surface area contributed by atoms with Crippen molar-refractivity contribution in [3.8, 4) is 16.9 Å². The molecule has 0 aliphatic heterocycles. The van der Waals surface area contributed by atoms with Gasteiger partial charge in [0.05, 0.1) is 17.1 Å². The van der Waals surface area contributed by atoms with Crippen LogP contribution >= 0.6 is 0 Å². The summed E-state index contributed by atoms with van der Waals surface area (Å²) in [5.41, 5.74) is 10.6. The molecule has 0 spiro atoms. The summed E-state index contributed by atoms with van der Waals surface area (Å²) in [6.45, 7) is 4.11. The van der Waals surface area contributed by atoms with E-state index in [0.29, 0.717) is 0 Å². The van der Waals surface area contributed by atoms with Gasteiger partial charge in [0.15, 0.2) is 0 Å². The van der Waals surface area contributed by atoms with Gasteiger partial charge in [-0.25, -0.2) is 9.97 Å². The topological polar surface area (TPSA) is 34.0 Å². The maximum atomic E-state index is 5.41. The van der Waals surface area contributed by atoms with Crippen LogP contribution in [0.25, 0.3) is 16.9 Å². The standard InChI is InChI=1S/C40H33BN4/c1-30-17-15-18-31(2)39(30)44-29-36(32-19-7-3-8-20-32)42-40(44)41(33-21-9-4-10-22-33)37-27-16-28-38(43-37)45(34-23-11-5-12-24-34)35-25-13-6-14-26-35/h3-29H,1-2H3. The molecular weight excluding hydrogens is 547 g/mol. The molecule has 2 heterocycles. The lowest BCUT2D eigenvalue weighted by molar-refractivity contribution is 1.06. The number of nitrogens with zero attached hydrogens (tertiary/aromatic N) is 4. The first-order chi connectivity index (χ1) is 22.2. The zero-order chi connectivity index (χ0) is 30.6. The fourth-order valence-electron chi connectivity index (χ4n) is 6.10. The lowest BCUT2D eigenvalue weighted by Crippen LogP contribution is -2.56. The van der Waals surface area contributed by atoms with Crippen molar-refractivity contribution in [3.05, 3.63) is 175 Å². The smallest absolute Gasteiger partial charge is 0.310 e. The SMILES string of the molecule is Cc1cccc(C)c1-n1cc(-c2ccccc2)nc1B(c1ccccc1)c1cccc(N(c2ccccc2)c2ccccc2)n1. The molecule has 0 aliphatic carbocycles. The Morgan fingerprint density at radius 2 is 1.07 bits per heavy atom. The molecule has 0 aliphatic rings. The maximum Gasteiger partial charge on any atom is 0.310 e. The highest BCUT2D eigenvalue weighted by atomic mass is 15.2. The second-order valence-corrected chi connectivity index (χ2v) is 11.2. The average Bonchev–Trinajstić information content (AvgIpc) is 3.51. The summed E-state index contributed by atoms with van der Waals surface area (Å²) in [6.07, 6.45) is 2.18. The Labute approximate surface area is 265 Å². The van der Waals surface area contributed by atoms with Crippen molar-refractivity contribution in [2.24, 2.45) is 0 Å². The van der Waals surface area contributed by atoms with E-state index < -0.39 is 0 Å². The normalized spacial score (nSPS) is 10.9. The Balaban J connectivity index is 1.46. The number of imidazole rings is 1. The highest BCUT2D eigenvalue weighted by Crippen LogP contribution is 2.32. The quantitative estimate of drug-likeness (QED) is 0.174. The minimum absolute atomic E-state index is 0.226. The fraction of sp³-hybridized carbons (Fsp3) is 0.0500. The summed E-state index contributed by atoms with van der Waals surface area (Å²) in [5, 5.41) is 0. The molecule has 7 rings (SSSR count). The van der Waals surface area contributed by atoms with Gasteiger partial charge in [0.1, 0.15) is 5.82 Å². The van der Waals surface area contributed by atoms with E-state index in [2.05, 4.69) is 169 Å². The van der Waals surface area contributed by atoms with Crippen LogP contribution in [0.3, 0.4) is 0 Å². The van der Waals surface area contributed by atoms with Crippen molar-refractivity contribution in [1.82, 2.24) is 14.5 Å². The van der Waals surface area contributed by atoms with E-state index in [1.807, 2.05) is 18.2 Å². The van der Waals surface area contributed by atoms with Crippen LogP contribution in [0.1, 0.15) is 11.1 Å². The van der Waals surface area contributed by atoms with E-state index in [4.69, 9.17) is 9.97 Å². The van der Waals surface area contributed by atoms with Gasteiger partial charge in [-0.3, -0.25) is 4.90 Å². The Morgan fingerprint density at radius 1 is 0.533 bits per heavy atom. The van der Waals surface area contributed by atoms with Gasteiger partial charge in [0.2, 0.25) is 0 Å². The van der Waals surface area contributed by atoms with E-state index in [-0.39, 0.29) is 6.71 Å². The largest absolute Gasteiger partial charge is 0.310 e. The van der Waals surface area contributed by atoms with Crippen LogP contribution in [0.2, 0.25) is 0 Å². The Hall–Kier alpha value is -5.68. The lowest BCUT2D eigenvalue weighted by atomic mass is 9.41. The molecule has 0 N–H and O–H groups in total. The van der Waals surface area contributed by atoms with Crippen LogP contribution in [-0.2, 0) is 0 Å². The van der Waals surface area contributed by atoms with Crippen LogP contribution in [-0.4, -0.2) is 21.2 Å². The summed E-state index contributed by atoms with van der Waals surface area (Å²) >= 11 is 0. The molecule has 216 valence electrons. The molecule has 0 fully saturated rings. The summed E-state index contributed by atoms with van der Waals surface area (Å²) in [6, 6.07) is 54.6. The molecule has 5 aromatic carbocycles. The average molecular weight is 581 g/mol. The van der Waals surface area contributed by atoms with Crippen molar-refractivity contribution in [3.63, 3.8) is 0 Å². The summed E-state index contributed by atoms with van der Waals surface area (Å²) in [7, 11) is 0. The monoisotopic (exact) mass is 580 g/mol. The summed E-state index contributed by atoms with van der Waals surface area (Å²) in [5.74, 6) is 0.847. The number of aryl methyl sites for hydroxylation is 2. The molecule has 2 aromatic heterocycles. The molecule has 0 saturated heterocycles. The van der Waals surface area contributed by atoms with E-state index in [9.17, 15) is 0 Å². The Kier molecular flexibility index (Phi) is 7.82. The van der Waals surface area contributed by atoms with Crippen molar-refractivity contribution >= 4 is 40.7 Å². The van der Waals surface area contributed by atoms with Gasteiger partial charge in [0, 0.05) is 28.7 Å². The highest BCUT2D eigenvalue weighted by Gasteiger charge is 2.31. The van der Waals surface area contributed by atoms with Gasteiger partial charge in [-0.2, -0.15) is 0 Å². The number of benzene rings is 5. The molecule has 0 unspecified atom stereocenters. The van der Waals surface area contributed by atoms with Crippen molar-refractivity contribution < 1.29 is 0 Å². The molecule has 0 atom stereocenters. The first-order valence-electron chi connectivity index (χ1n) is 15.3.